The van der Waals surface area contributed by atoms with E-state index in [1.54, 1.807) is 4.68 Å². The van der Waals surface area contributed by atoms with Crippen LogP contribution in [0.25, 0.3) is 10.9 Å². The number of hydrogen-bond donors (Lipinski definition) is 0. The molecule has 2 aromatic rings. The second-order valence-electron chi connectivity index (χ2n) is 4.96. The summed E-state index contributed by atoms with van der Waals surface area (Å²) in [6.07, 6.45) is 0.345. The van der Waals surface area contributed by atoms with Gasteiger partial charge in [-0.3, -0.25) is 9.48 Å². The molecule has 0 unspecified atom stereocenters. The number of ketones is 1. The first-order chi connectivity index (χ1) is 8.41. The Balaban J connectivity index is 2.59. The van der Waals surface area contributed by atoms with E-state index in [9.17, 15) is 4.79 Å². The molecular weight excluding hydrogens is 248 g/mol. The van der Waals surface area contributed by atoms with E-state index in [1.807, 2.05) is 40.0 Å². The zero-order valence-corrected chi connectivity index (χ0v) is 11.9. The summed E-state index contributed by atoms with van der Waals surface area (Å²) in [5.74, 6) is 0.207. The number of benzene rings is 1. The third kappa shape index (κ3) is 2.15. The van der Waals surface area contributed by atoms with E-state index in [0.29, 0.717) is 11.4 Å². The van der Waals surface area contributed by atoms with E-state index in [1.165, 1.54) is 0 Å². The van der Waals surface area contributed by atoms with Crippen molar-refractivity contribution in [2.24, 2.45) is 13.0 Å². The lowest BCUT2D eigenvalue weighted by Crippen LogP contribution is -2.11. The second-order valence-corrected chi connectivity index (χ2v) is 5.36. The lowest BCUT2D eigenvalue weighted by Gasteiger charge is -2.03. The van der Waals surface area contributed by atoms with Crippen LogP contribution in [0.5, 0.6) is 0 Å². The number of hydrogen-bond acceptors (Lipinski definition) is 2. The van der Waals surface area contributed by atoms with Crippen LogP contribution in [0.15, 0.2) is 12.1 Å². The van der Waals surface area contributed by atoms with Crippen molar-refractivity contribution >= 4 is 28.3 Å². The summed E-state index contributed by atoms with van der Waals surface area (Å²) in [4.78, 5) is 11.9. The summed E-state index contributed by atoms with van der Waals surface area (Å²) < 4.78 is 1.81. The number of nitrogens with zero attached hydrogens (tertiary/aromatic N) is 2. The van der Waals surface area contributed by atoms with Crippen molar-refractivity contribution in [2.75, 3.05) is 0 Å². The maximum Gasteiger partial charge on any atom is 0.141 e. The fourth-order valence-corrected chi connectivity index (χ4v) is 2.40. The molecule has 0 aliphatic heterocycles. The van der Waals surface area contributed by atoms with E-state index < -0.39 is 0 Å². The topological polar surface area (TPSA) is 34.9 Å². The van der Waals surface area contributed by atoms with Gasteiger partial charge in [-0.25, -0.2) is 0 Å². The Morgan fingerprint density at radius 1 is 1.44 bits per heavy atom. The molecule has 0 aliphatic rings. The van der Waals surface area contributed by atoms with Gasteiger partial charge < -0.3 is 0 Å². The molecule has 4 heteroatoms. The van der Waals surface area contributed by atoms with Crippen LogP contribution in [0.3, 0.4) is 0 Å². The molecule has 0 N–H and O–H groups in total. The SMILES string of the molecule is Cc1ccc(Cl)c2c(CC(=O)C(C)C)nn(C)c12. The Labute approximate surface area is 112 Å². The van der Waals surface area contributed by atoms with Crippen LogP contribution in [-0.2, 0) is 18.3 Å². The first kappa shape index (κ1) is 13.1. The molecule has 18 heavy (non-hydrogen) atoms. The molecule has 0 radical (unpaired) electrons. The zero-order chi connectivity index (χ0) is 13.4. The van der Waals surface area contributed by atoms with Gasteiger partial charge in [0.15, 0.2) is 0 Å². The third-order valence-electron chi connectivity index (χ3n) is 3.20. The van der Waals surface area contributed by atoms with Crippen LogP contribution in [0.2, 0.25) is 5.02 Å². The van der Waals surface area contributed by atoms with Gasteiger partial charge in [0.1, 0.15) is 5.78 Å². The lowest BCUT2D eigenvalue weighted by atomic mass is 10.0. The molecule has 3 nitrogen and oxygen atoms in total. The molecule has 0 fully saturated rings. The van der Waals surface area contributed by atoms with Gasteiger partial charge in [0.2, 0.25) is 0 Å². The van der Waals surface area contributed by atoms with Crippen LogP contribution in [0.1, 0.15) is 25.1 Å². The Kier molecular flexibility index (Phi) is 3.44. The molecule has 1 aromatic carbocycles. The van der Waals surface area contributed by atoms with Crippen molar-refractivity contribution in [1.29, 1.82) is 0 Å². The molecule has 0 atom stereocenters. The van der Waals surface area contributed by atoms with E-state index in [-0.39, 0.29) is 11.7 Å². The smallest absolute Gasteiger partial charge is 0.141 e. The number of Topliss-reactive ketones (excluding diaryl/α,β-unsaturated/α-hetero) is 1. The minimum absolute atomic E-state index is 0.0191. The Morgan fingerprint density at radius 2 is 2.11 bits per heavy atom. The maximum absolute atomic E-state index is 11.9. The summed E-state index contributed by atoms with van der Waals surface area (Å²) in [5, 5.41) is 6.02. The number of rotatable bonds is 3. The number of fused-ring (bicyclic) bond motifs is 1. The number of carbonyl (C=O) groups is 1. The average Bonchev–Trinajstić information content (AvgIpc) is 2.62. The van der Waals surface area contributed by atoms with Crippen LogP contribution < -0.4 is 0 Å². The molecule has 0 amide bonds. The van der Waals surface area contributed by atoms with Crippen molar-refractivity contribution in [3.63, 3.8) is 0 Å². The summed E-state index contributed by atoms with van der Waals surface area (Å²) in [7, 11) is 1.88. The van der Waals surface area contributed by atoms with Gasteiger partial charge in [-0.05, 0) is 18.6 Å². The van der Waals surface area contributed by atoms with Crippen LogP contribution >= 0.6 is 11.6 Å². The Hall–Kier alpha value is -1.35. The van der Waals surface area contributed by atoms with E-state index in [0.717, 1.165) is 22.2 Å². The predicted molar refractivity (Wildman–Crippen MR) is 74.0 cm³/mol. The number of aryl methyl sites for hydroxylation is 2. The van der Waals surface area contributed by atoms with Gasteiger partial charge in [0.05, 0.1) is 22.7 Å². The summed E-state index contributed by atoms with van der Waals surface area (Å²) in [6, 6.07) is 3.84. The van der Waals surface area contributed by atoms with E-state index in [4.69, 9.17) is 11.6 Å². The van der Waals surface area contributed by atoms with Crippen LogP contribution in [0.4, 0.5) is 0 Å². The average molecular weight is 265 g/mol. The molecule has 0 aliphatic carbocycles. The van der Waals surface area contributed by atoms with Crippen molar-refractivity contribution in [2.45, 2.75) is 27.2 Å². The van der Waals surface area contributed by atoms with Gasteiger partial charge in [0, 0.05) is 18.4 Å². The predicted octanol–water partition coefficient (Wildman–Crippen LogP) is 3.30. The molecule has 0 bridgehead atoms. The van der Waals surface area contributed by atoms with Crippen molar-refractivity contribution in [3.05, 3.63) is 28.4 Å². The highest BCUT2D eigenvalue weighted by Gasteiger charge is 2.17. The van der Waals surface area contributed by atoms with Crippen molar-refractivity contribution < 1.29 is 4.79 Å². The molecule has 96 valence electrons. The minimum Gasteiger partial charge on any atom is -0.299 e. The number of carbonyl (C=O) groups excluding carboxylic acids is 1. The minimum atomic E-state index is 0.0191. The third-order valence-corrected chi connectivity index (χ3v) is 3.51. The zero-order valence-electron chi connectivity index (χ0n) is 11.1. The lowest BCUT2D eigenvalue weighted by molar-refractivity contribution is -0.121. The highest BCUT2D eigenvalue weighted by atomic mass is 35.5. The maximum atomic E-state index is 11.9. The Morgan fingerprint density at radius 3 is 2.72 bits per heavy atom. The standard InChI is InChI=1S/C14H17ClN2O/c1-8(2)12(18)7-11-13-10(15)6-5-9(3)14(13)17(4)16-11/h5-6,8H,7H2,1-4H3. The van der Waals surface area contributed by atoms with E-state index >= 15 is 0 Å². The summed E-state index contributed by atoms with van der Waals surface area (Å²) in [5.41, 5.74) is 2.90. The van der Waals surface area contributed by atoms with Gasteiger partial charge in [0.25, 0.3) is 0 Å². The summed E-state index contributed by atoms with van der Waals surface area (Å²) in [6.45, 7) is 5.83. The molecule has 2 rings (SSSR count). The Bertz CT molecular complexity index is 614. The highest BCUT2D eigenvalue weighted by Crippen LogP contribution is 2.29. The molecule has 0 spiro atoms. The summed E-state index contributed by atoms with van der Waals surface area (Å²) >= 11 is 6.25. The molecular formula is C14H17ClN2O. The van der Waals surface area contributed by atoms with Crippen molar-refractivity contribution in [1.82, 2.24) is 9.78 Å². The number of aromatic nitrogens is 2. The van der Waals surface area contributed by atoms with Gasteiger partial charge >= 0.3 is 0 Å². The quantitative estimate of drug-likeness (QED) is 0.853. The number of halogens is 1. The molecule has 0 saturated heterocycles. The largest absolute Gasteiger partial charge is 0.299 e. The highest BCUT2D eigenvalue weighted by molar-refractivity contribution is 6.35. The van der Waals surface area contributed by atoms with Gasteiger partial charge in [-0.1, -0.05) is 31.5 Å². The van der Waals surface area contributed by atoms with Gasteiger partial charge in [-0.15, -0.1) is 0 Å². The fraction of sp³-hybridized carbons (Fsp3) is 0.429. The monoisotopic (exact) mass is 264 g/mol. The van der Waals surface area contributed by atoms with Gasteiger partial charge in [-0.2, -0.15) is 5.10 Å². The fourth-order valence-electron chi connectivity index (χ4n) is 2.14. The molecule has 0 saturated carbocycles. The molecule has 1 aromatic heterocycles. The van der Waals surface area contributed by atoms with Crippen LogP contribution in [-0.4, -0.2) is 15.6 Å². The first-order valence-corrected chi connectivity index (χ1v) is 6.43. The normalized spacial score (nSPS) is 11.4. The first-order valence-electron chi connectivity index (χ1n) is 6.05. The second kappa shape index (κ2) is 4.73. The molecule has 1 heterocycles. The van der Waals surface area contributed by atoms with Crippen LogP contribution in [0, 0.1) is 12.8 Å². The van der Waals surface area contributed by atoms with E-state index in [2.05, 4.69) is 5.10 Å². The van der Waals surface area contributed by atoms with Crippen molar-refractivity contribution in [3.8, 4) is 0 Å².